The lowest BCUT2D eigenvalue weighted by atomic mass is 9.80. The predicted molar refractivity (Wildman–Crippen MR) is 58.6 cm³/mol. The highest BCUT2D eigenvalue weighted by molar-refractivity contribution is 5.05. The zero-order valence-corrected chi connectivity index (χ0v) is 8.98. The third-order valence-corrected chi connectivity index (χ3v) is 3.79. The summed E-state index contributed by atoms with van der Waals surface area (Å²) < 4.78 is 5.52. The summed E-state index contributed by atoms with van der Waals surface area (Å²) in [7, 11) is 0. The number of pyridine rings is 1. The first-order chi connectivity index (χ1) is 7.36. The van der Waals surface area contributed by atoms with Gasteiger partial charge in [0.15, 0.2) is 0 Å². The van der Waals surface area contributed by atoms with E-state index in [-0.39, 0.29) is 0 Å². The van der Waals surface area contributed by atoms with Crippen molar-refractivity contribution in [3.8, 4) is 0 Å². The second-order valence-corrected chi connectivity index (χ2v) is 4.94. The molecule has 2 nitrogen and oxygen atoms in total. The molecule has 1 aromatic rings. The van der Waals surface area contributed by atoms with E-state index in [1.807, 2.05) is 12.3 Å². The summed E-state index contributed by atoms with van der Waals surface area (Å²) in [4.78, 5) is 4.39. The molecule has 0 N–H and O–H groups in total. The number of ether oxygens (including phenoxy) is 1. The van der Waals surface area contributed by atoms with Crippen LogP contribution in [-0.4, -0.2) is 17.2 Å². The molecule has 1 aromatic heterocycles. The summed E-state index contributed by atoms with van der Waals surface area (Å²) in [5, 5.41) is 0. The normalized spacial score (nSPS) is 34.3. The Morgan fingerprint density at radius 1 is 1.33 bits per heavy atom. The zero-order valence-electron chi connectivity index (χ0n) is 8.98. The zero-order chi connectivity index (χ0) is 10.1. The van der Waals surface area contributed by atoms with Gasteiger partial charge in [-0.05, 0) is 50.2 Å². The maximum atomic E-state index is 5.52. The Hall–Kier alpha value is -0.890. The third kappa shape index (κ3) is 2.05. The molecular weight excluding hydrogens is 186 g/mol. The molecule has 0 radical (unpaired) electrons. The van der Waals surface area contributed by atoms with E-state index in [1.54, 1.807) is 0 Å². The molecule has 1 aliphatic heterocycles. The van der Waals surface area contributed by atoms with Gasteiger partial charge in [-0.15, -0.1) is 0 Å². The maximum Gasteiger partial charge on any atom is 0.0916 e. The van der Waals surface area contributed by atoms with Crippen LogP contribution in [0, 0.1) is 5.92 Å². The van der Waals surface area contributed by atoms with Gasteiger partial charge in [0, 0.05) is 11.9 Å². The van der Waals surface area contributed by atoms with Gasteiger partial charge in [-0.1, -0.05) is 6.07 Å². The number of epoxide rings is 1. The SMILES string of the molecule is c1ccc(CC2CCC3(CC2)CO3)nc1. The van der Waals surface area contributed by atoms with Crippen LogP contribution < -0.4 is 0 Å². The second-order valence-electron chi connectivity index (χ2n) is 4.94. The van der Waals surface area contributed by atoms with Crippen LogP contribution in [0.1, 0.15) is 31.4 Å². The van der Waals surface area contributed by atoms with Crippen LogP contribution >= 0.6 is 0 Å². The summed E-state index contributed by atoms with van der Waals surface area (Å²) in [6.07, 6.45) is 8.21. The van der Waals surface area contributed by atoms with E-state index in [2.05, 4.69) is 17.1 Å². The van der Waals surface area contributed by atoms with Gasteiger partial charge in [-0.3, -0.25) is 4.98 Å². The van der Waals surface area contributed by atoms with Crippen molar-refractivity contribution in [3.63, 3.8) is 0 Å². The molecule has 3 rings (SSSR count). The minimum Gasteiger partial charge on any atom is -0.370 e. The van der Waals surface area contributed by atoms with Crippen LogP contribution in [0.25, 0.3) is 0 Å². The largest absolute Gasteiger partial charge is 0.370 e. The molecule has 0 atom stereocenters. The molecule has 2 aliphatic rings. The fourth-order valence-electron chi connectivity index (χ4n) is 2.61. The molecule has 1 aliphatic carbocycles. The van der Waals surface area contributed by atoms with Crippen LogP contribution in [0.3, 0.4) is 0 Å². The van der Waals surface area contributed by atoms with Crippen molar-refractivity contribution < 1.29 is 4.74 Å². The fraction of sp³-hybridized carbons (Fsp3) is 0.615. The second kappa shape index (κ2) is 3.60. The van der Waals surface area contributed by atoms with E-state index in [0.717, 1.165) is 18.9 Å². The first-order valence-electron chi connectivity index (χ1n) is 5.90. The minimum absolute atomic E-state index is 0.334. The number of rotatable bonds is 2. The van der Waals surface area contributed by atoms with Crippen molar-refractivity contribution in [3.05, 3.63) is 30.1 Å². The predicted octanol–water partition coefficient (Wildman–Crippen LogP) is 2.58. The molecule has 1 spiro atoms. The molecule has 0 bridgehead atoms. The quantitative estimate of drug-likeness (QED) is 0.690. The van der Waals surface area contributed by atoms with E-state index >= 15 is 0 Å². The number of nitrogens with zero attached hydrogens (tertiary/aromatic N) is 1. The van der Waals surface area contributed by atoms with Crippen LogP contribution in [0.15, 0.2) is 24.4 Å². The maximum absolute atomic E-state index is 5.52. The van der Waals surface area contributed by atoms with Gasteiger partial charge >= 0.3 is 0 Å². The van der Waals surface area contributed by atoms with Gasteiger partial charge in [-0.2, -0.15) is 0 Å². The molecule has 0 aromatic carbocycles. The number of hydrogen-bond acceptors (Lipinski definition) is 2. The summed E-state index contributed by atoms with van der Waals surface area (Å²) in [5.41, 5.74) is 1.58. The lowest BCUT2D eigenvalue weighted by Crippen LogP contribution is -2.22. The summed E-state index contributed by atoms with van der Waals surface area (Å²) in [6.45, 7) is 1.02. The molecule has 1 saturated carbocycles. The molecule has 0 unspecified atom stereocenters. The van der Waals surface area contributed by atoms with E-state index in [1.165, 1.54) is 31.4 Å². The smallest absolute Gasteiger partial charge is 0.0916 e. The standard InChI is InChI=1S/C13H17NO/c1-2-8-14-12(3-1)9-11-4-6-13(7-5-11)10-15-13/h1-3,8,11H,4-7,9-10H2. The van der Waals surface area contributed by atoms with Crippen molar-refractivity contribution >= 4 is 0 Å². The Kier molecular flexibility index (Phi) is 2.24. The number of aromatic nitrogens is 1. The lowest BCUT2D eigenvalue weighted by molar-refractivity contribution is 0.197. The van der Waals surface area contributed by atoms with Gasteiger partial charge in [0.25, 0.3) is 0 Å². The number of hydrogen-bond donors (Lipinski definition) is 0. The molecular formula is C13H17NO. The summed E-state index contributed by atoms with van der Waals surface area (Å²) in [6, 6.07) is 6.20. The Balaban J connectivity index is 1.56. The Bertz CT molecular complexity index is 322. The summed E-state index contributed by atoms with van der Waals surface area (Å²) >= 11 is 0. The van der Waals surface area contributed by atoms with E-state index in [4.69, 9.17) is 4.74 Å². The molecule has 1 saturated heterocycles. The van der Waals surface area contributed by atoms with E-state index < -0.39 is 0 Å². The van der Waals surface area contributed by atoms with Gasteiger partial charge in [0.1, 0.15) is 0 Å². The topological polar surface area (TPSA) is 25.4 Å². The Morgan fingerprint density at radius 3 is 2.73 bits per heavy atom. The van der Waals surface area contributed by atoms with Gasteiger partial charge in [-0.25, -0.2) is 0 Å². The van der Waals surface area contributed by atoms with E-state index in [9.17, 15) is 0 Å². The van der Waals surface area contributed by atoms with Crippen molar-refractivity contribution in [2.75, 3.05) is 6.61 Å². The fourth-order valence-corrected chi connectivity index (χ4v) is 2.61. The van der Waals surface area contributed by atoms with Crippen LogP contribution in [0.5, 0.6) is 0 Å². The first kappa shape index (κ1) is 9.34. The molecule has 2 fully saturated rings. The van der Waals surface area contributed by atoms with Crippen LogP contribution in [0.4, 0.5) is 0 Å². The molecule has 15 heavy (non-hydrogen) atoms. The van der Waals surface area contributed by atoms with Crippen molar-refractivity contribution in [1.29, 1.82) is 0 Å². The van der Waals surface area contributed by atoms with Crippen molar-refractivity contribution in [2.45, 2.75) is 37.7 Å². The highest BCUT2D eigenvalue weighted by Crippen LogP contribution is 2.44. The monoisotopic (exact) mass is 203 g/mol. The average Bonchev–Trinajstić information content (AvgIpc) is 3.04. The van der Waals surface area contributed by atoms with Crippen LogP contribution in [-0.2, 0) is 11.2 Å². The molecule has 2 heteroatoms. The average molecular weight is 203 g/mol. The molecule has 80 valence electrons. The van der Waals surface area contributed by atoms with Gasteiger partial charge in [0.05, 0.1) is 12.2 Å². The van der Waals surface area contributed by atoms with Crippen LogP contribution in [0.2, 0.25) is 0 Å². The third-order valence-electron chi connectivity index (χ3n) is 3.79. The Morgan fingerprint density at radius 2 is 2.13 bits per heavy atom. The highest BCUT2D eigenvalue weighted by Gasteiger charge is 2.46. The lowest BCUT2D eigenvalue weighted by Gasteiger charge is -2.25. The van der Waals surface area contributed by atoms with E-state index in [0.29, 0.717) is 5.60 Å². The van der Waals surface area contributed by atoms with Gasteiger partial charge in [0.2, 0.25) is 0 Å². The minimum atomic E-state index is 0.334. The van der Waals surface area contributed by atoms with Gasteiger partial charge < -0.3 is 4.74 Å². The van der Waals surface area contributed by atoms with Crippen molar-refractivity contribution in [2.24, 2.45) is 5.92 Å². The summed E-state index contributed by atoms with van der Waals surface area (Å²) in [5.74, 6) is 0.828. The highest BCUT2D eigenvalue weighted by atomic mass is 16.6. The first-order valence-corrected chi connectivity index (χ1v) is 5.90. The Labute approximate surface area is 90.7 Å². The molecule has 0 amide bonds. The molecule has 2 heterocycles. The van der Waals surface area contributed by atoms with Crippen molar-refractivity contribution in [1.82, 2.24) is 4.98 Å².